The number of nitro benzene ring substituents is 1. The Labute approximate surface area is 141 Å². The zero-order chi connectivity index (χ0) is 17.3. The standard InChI is InChI=1S/C19H21FN2O2/c1-13-11-16(12-14(2)19(13)22(23)24)21-9-7-15(8-10-21)17-5-3-4-6-18(17)20/h3-6,11-12,15H,7-10H2,1-2H3. The van der Waals surface area contributed by atoms with E-state index in [4.69, 9.17) is 0 Å². The summed E-state index contributed by atoms with van der Waals surface area (Å²) in [5.41, 5.74) is 3.38. The van der Waals surface area contributed by atoms with Gasteiger partial charge in [0.2, 0.25) is 0 Å². The maximum atomic E-state index is 13.9. The Morgan fingerprint density at radius 2 is 1.71 bits per heavy atom. The van der Waals surface area contributed by atoms with Gasteiger partial charge in [-0.05, 0) is 56.4 Å². The molecule has 5 heteroatoms. The molecule has 1 aliphatic heterocycles. The lowest BCUT2D eigenvalue weighted by atomic mass is 9.89. The van der Waals surface area contributed by atoms with Crippen LogP contribution in [0.25, 0.3) is 0 Å². The van der Waals surface area contributed by atoms with Gasteiger partial charge in [0, 0.05) is 29.9 Å². The fraction of sp³-hybridized carbons (Fsp3) is 0.368. The van der Waals surface area contributed by atoms with Gasteiger partial charge in [0.25, 0.3) is 5.69 Å². The summed E-state index contributed by atoms with van der Waals surface area (Å²) >= 11 is 0. The van der Waals surface area contributed by atoms with Gasteiger partial charge in [-0.2, -0.15) is 0 Å². The minimum Gasteiger partial charge on any atom is -0.371 e. The number of benzene rings is 2. The van der Waals surface area contributed by atoms with E-state index >= 15 is 0 Å². The van der Waals surface area contributed by atoms with Crippen LogP contribution in [-0.2, 0) is 0 Å². The van der Waals surface area contributed by atoms with Crippen LogP contribution in [-0.4, -0.2) is 18.0 Å². The van der Waals surface area contributed by atoms with Crippen LogP contribution < -0.4 is 4.90 Å². The Balaban J connectivity index is 1.76. The quantitative estimate of drug-likeness (QED) is 0.604. The third kappa shape index (κ3) is 3.11. The SMILES string of the molecule is Cc1cc(N2CCC(c3ccccc3F)CC2)cc(C)c1[N+](=O)[O-]. The molecule has 0 bridgehead atoms. The molecule has 2 aromatic rings. The minimum atomic E-state index is -0.321. The van der Waals surface area contributed by atoms with Crippen LogP contribution in [0.1, 0.15) is 35.4 Å². The zero-order valence-corrected chi connectivity index (χ0v) is 14.0. The molecule has 2 aromatic carbocycles. The first-order valence-electron chi connectivity index (χ1n) is 8.22. The second kappa shape index (κ2) is 6.59. The summed E-state index contributed by atoms with van der Waals surface area (Å²) in [7, 11) is 0. The molecule has 1 aliphatic rings. The van der Waals surface area contributed by atoms with Crippen molar-refractivity contribution in [3.05, 3.63) is 69.0 Å². The third-order valence-electron chi connectivity index (χ3n) is 4.86. The van der Waals surface area contributed by atoms with E-state index < -0.39 is 0 Å². The van der Waals surface area contributed by atoms with Gasteiger partial charge in [0.15, 0.2) is 0 Å². The first kappa shape index (κ1) is 16.4. The van der Waals surface area contributed by atoms with E-state index in [0.29, 0.717) is 11.1 Å². The normalized spacial score (nSPS) is 15.5. The lowest BCUT2D eigenvalue weighted by Crippen LogP contribution is -2.33. The molecule has 3 rings (SSSR count). The predicted molar refractivity (Wildman–Crippen MR) is 93.2 cm³/mol. The van der Waals surface area contributed by atoms with Gasteiger partial charge in [-0.15, -0.1) is 0 Å². The van der Waals surface area contributed by atoms with Crippen molar-refractivity contribution >= 4 is 11.4 Å². The van der Waals surface area contributed by atoms with E-state index in [1.807, 2.05) is 24.3 Å². The summed E-state index contributed by atoms with van der Waals surface area (Å²) in [4.78, 5) is 13.0. The highest BCUT2D eigenvalue weighted by atomic mass is 19.1. The van der Waals surface area contributed by atoms with Gasteiger partial charge >= 0.3 is 0 Å². The third-order valence-corrected chi connectivity index (χ3v) is 4.86. The molecule has 0 amide bonds. The molecule has 1 fully saturated rings. The number of aryl methyl sites for hydroxylation is 2. The van der Waals surface area contributed by atoms with Crippen molar-refractivity contribution in [1.29, 1.82) is 0 Å². The topological polar surface area (TPSA) is 46.4 Å². The summed E-state index contributed by atoms with van der Waals surface area (Å²) in [6.45, 7) is 5.22. The summed E-state index contributed by atoms with van der Waals surface area (Å²) in [5.74, 6) is 0.112. The fourth-order valence-electron chi connectivity index (χ4n) is 3.66. The van der Waals surface area contributed by atoms with Crippen LogP contribution in [0.4, 0.5) is 15.8 Å². The van der Waals surface area contributed by atoms with E-state index in [9.17, 15) is 14.5 Å². The van der Waals surface area contributed by atoms with Gasteiger partial charge in [0.1, 0.15) is 5.82 Å². The summed E-state index contributed by atoms with van der Waals surface area (Å²) < 4.78 is 13.9. The molecule has 0 saturated carbocycles. The maximum absolute atomic E-state index is 13.9. The van der Waals surface area contributed by atoms with Gasteiger partial charge < -0.3 is 4.90 Å². The molecule has 0 aliphatic carbocycles. The smallest absolute Gasteiger partial charge is 0.275 e. The molecule has 1 heterocycles. The molecule has 0 unspecified atom stereocenters. The molecule has 0 atom stereocenters. The second-order valence-electron chi connectivity index (χ2n) is 6.47. The zero-order valence-electron chi connectivity index (χ0n) is 14.0. The van der Waals surface area contributed by atoms with Crippen molar-refractivity contribution in [1.82, 2.24) is 0 Å². The molecular weight excluding hydrogens is 307 g/mol. The average Bonchev–Trinajstić information content (AvgIpc) is 2.54. The highest BCUT2D eigenvalue weighted by Gasteiger charge is 2.24. The molecule has 0 N–H and O–H groups in total. The highest BCUT2D eigenvalue weighted by molar-refractivity contribution is 5.60. The lowest BCUT2D eigenvalue weighted by molar-refractivity contribution is -0.386. The van der Waals surface area contributed by atoms with E-state index in [1.54, 1.807) is 19.9 Å². The van der Waals surface area contributed by atoms with Crippen LogP contribution >= 0.6 is 0 Å². The van der Waals surface area contributed by atoms with E-state index in [-0.39, 0.29) is 22.3 Å². The Bertz CT molecular complexity index is 745. The number of hydrogen-bond acceptors (Lipinski definition) is 3. The fourth-order valence-corrected chi connectivity index (χ4v) is 3.66. The van der Waals surface area contributed by atoms with Crippen molar-refractivity contribution in [2.45, 2.75) is 32.6 Å². The molecule has 0 spiro atoms. The summed E-state index contributed by atoms with van der Waals surface area (Å²) in [6, 6.07) is 10.8. The predicted octanol–water partition coefficient (Wildman–Crippen LogP) is 4.73. The molecule has 126 valence electrons. The molecule has 4 nitrogen and oxygen atoms in total. The molecule has 0 aromatic heterocycles. The Morgan fingerprint density at radius 1 is 1.12 bits per heavy atom. The van der Waals surface area contributed by atoms with Crippen molar-refractivity contribution in [3.8, 4) is 0 Å². The number of piperidine rings is 1. The summed E-state index contributed by atoms with van der Waals surface area (Å²) in [5, 5.41) is 11.1. The monoisotopic (exact) mass is 328 g/mol. The number of rotatable bonds is 3. The van der Waals surface area contributed by atoms with Crippen molar-refractivity contribution in [3.63, 3.8) is 0 Å². The molecule has 1 saturated heterocycles. The van der Waals surface area contributed by atoms with Crippen LogP contribution in [0, 0.1) is 29.8 Å². The Hall–Kier alpha value is -2.43. The van der Waals surface area contributed by atoms with Crippen LogP contribution in [0.5, 0.6) is 0 Å². The molecule has 0 radical (unpaired) electrons. The average molecular weight is 328 g/mol. The van der Waals surface area contributed by atoms with Crippen LogP contribution in [0.2, 0.25) is 0 Å². The van der Waals surface area contributed by atoms with Crippen LogP contribution in [0.3, 0.4) is 0 Å². The first-order valence-corrected chi connectivity index (χ1v) is 8.22. The second-order valence-corrected chi connectivity index (χ2v) is 6.47. The highest BCUT2D eigenvalue weighted by Crippen LogP contribution is 2.34. The number of anilines is 1. The van der Waals surface area contributed by atoms with Gasteiger partial charge in [0.05, 0.1) is 4.92 Å². The van der Waals surface area contributed by atoms with Gasteiger partial charge in [-0.25, -0.2) is 4.39 Å². The van der Waals surface area contributed by atoms with E-state index in [2.05, 4.69) is 4.90 Å². The first-order chi connectivity index (χ1) is 11.5. The Morgan fingerprint density at radius 3 is 2.25 bits per heavy atom. The number of hydrogen-bond donors (Lipinski definition) is 0. The maximum Gasteiger partial charge on any atom is 0.275 e. The molecule has 24 heavy (non-hydrogen) atoms. The molecular formula is C19H21FN2O2. The van der Waals surface area contributed by atoms with Crippen molar-refractivity contribution < 1.29 is 9.31 Å². The number of nitro groups is 1. The lowest BCUT2D eigenvalue weighted by Gasteiger charge is -2.34. The largest absolute Gasteiger partial charge is 0.371 e. The number of halogens is 1. The van der Waals surface area contributed by atoms with Gasteiger partial charge in [-0.1, -0.05) is 18.2 Å². The minimum absolute atomic E-state index is 0.127. The summed E-state index contributed by atoms with van der Waals surface area (Å²) in [6.07, 6.45) is 1.77. The van der Waals surface area contributed by atoms with Crippen molar-refractivity contribution in [2.75, 3.05) is 18.0 Å². The van der Waals surface area contributed by atoms with E-state index in [1.165, 1.54) is 6.07 Å². The van der Waals surface area contributed by atoms with Crippen molar-refractivity contribution in [2.24, 2.45) is 0 Å². The number of nitrogens with zero attached hydrogens (tertiary/aromatic N) is 2. The van der Waals surface area contributed by atoms with Crippen LogP contribution in [0.15, 0.2) is 36.4 Å². The van der Waals surface area contributed by atoms with E-state index in [0.717, 1.165) is 37.2 Å². The van der Waals surface area contributed by atoms with Gasteiger partial charge in [-0.3, -0.25) is 10.1 Å². The Kier molecular flexibility index (Phi) is 4.51.